The van der Waals surface area contributed by atoms with Gasteiger partial charge in [0.1, 0.15) is 11.0 Å². The van der Waals surface area contributed by atoms with Crippen LogP contribution >= 0.6 is 0 Å². The predicted molar refractivity (Wildman–Crippen MR) is 66.9 cm³/mol. The monoisotopic (exact) mass is 256 g/mol. The number of para-hydroxylation sites is 1. The van der Waals surface area contributed by atoms with Crippen molar-refractivity contribution in [1.29, 1.82) is 0 Å². The van der Waals surface area contributed by atoms with Gasteiger partial charge in [0.15, 0.2) is 0 Å². The standard InChI is InChI=1S/C11H16N2O3S/c14-11(12-15)8-4-5-9-17(16)13-10-6-2-1-3-7-10/h1-3,6-7,13,15H,4-5,8-9H2,(H,12,14). The second-order valence-corrected chi connectivity index (χ2v) is 4.81. The van der Waals surface area contributed by atoms with Crippen LogP contribution in [0.15, 0.2) is 30.3 Å². The van der Waals surface area contributed by atoms with Crippen molar-refractivity contribution >= 4 is 22.6 Å². The molecule has 1 unspecified atom stereocenters. The first-order valence-electron chi connectivity index (χ1n) is 5.35. The van der Waals surface area contributed by atoms with Gasteiger partial charge in [-0.15, -0.1) is 0 Å². The summed E-state index contributed by atoms with van der Waals surface area (Å²) in [5.41, 5.74) is 2.38. The molecule has 1 amide bonds. The first kappa shape index (κ1) is 13.7. The van der Waals surface area contributed by atoms with E-state index in [-0.39, 0.29) is 6.42 Å². The Hall–Kier alpha value is -1.40. The predicted octanol–water partition coefficient (Wildman–Crippen LogP) is 1.44. The molecule has 0 heterocycles. The Balaban J connectivity index is 2.16. The van der Waals surface area contributed by atoms with Gasteiger partial charge in [0.05, 0.1) is 0 Å². The molecule has 94 valence electrons. The molecule has 0 bridgehead atoms. The van der Waals surface area contributed by atoms with E-state index in [0.29, 0.717) is 18.6 Å². The van der Waals surface area contributed by atoms with Crippen LogP contribution in [0, 0.1) is 0 Å². The molecule has 6 heteroatoms. The molecule has 0 aliphatic rings. The quantitative estimate of drug-likeness (QED) is 0.392. The summed E-state index contributed by atoms with van der Waals surface area (Å²) in [6.45, 7) is 0. The SMILES string of the molecule is O=C(CCCCS(=O)Nc1ccccc1)NO. The zero-order chi connectivity index (χ0) is 12.5. The third kappa shape index (κ3) is 6.03. The smallest absolute Gasteiger partial charge is 0.243 e. The Morgan fingerprint density at radius 3 is 2.59 bits per heavy atom. The Bertz CT molecular complexity index is 370. The van der Waals surface area contributed by atoms with E-state index in [0.717, 1.165) is 5.69 Å². The average Bonchev–Trinajstić information content (AvgIpc) is 2.35. The van der Waals surface area contributed by atoms with Crippen molar-refractivity contribution in [3.63, 3.8) is 0 Å². The van der Waals surface area contributed by atoms with Crippen molar-refractivity contribution in [2.24, 2.45) is 0 Å². The largest absolute Gasteiger partial charge is 0.305 e. The Labute approximate surface area is 103 Å². The molecule has 1 atom stereocenters. The van der Waals surface area contributed by atoms with Crippen LogP contribution in [0.4, 0.5) is 5.69 Å². The van der Waals surface area contributed by atoms with Gasteiger partial charge in [-0.1, -0.05) is 18.2 Å². The minimum Gasteiger partial charge on any atom is -0.305 e. The molecule has 1 aromatic rings. The highest BCUT2D eigenvalue weighted by atomic mass is 32.2. The summed E-state index contributed by atoms with van der Waals surface area (Å²) in [6.07, 6.45) is 1.52. The molecule has 0 aliphatic heterocycles. The number of carbonyl (C=O) groups is 1. The number of hydrogen-bond acceptors (Lipinski definition) is 3. The lowest BCUT2D eigenvalue weighted by molar-refractivity contribution is -0.129. The number of unbranched alkanes of at least 4 members (excludes halogenated alkanes) is 1. The van der Waals surface area contributed by atoms with E-state index in [1.807, 2.05) is 30.3 Å². The first-order chi connectivity index (χ1) is 8.22. The maximum absolute atomic E-state index is 11.6. The Kier molecular flexibility index (Phi) is 6.27. The number of hydrogen-bond donors (Lipinski definition) is 3. The number of amides is 1. The summed E-state index contributed by atoms with van der Waals surface area (Å²) < 4.78 is 14.4. The van der Waals surface area contributed by atoms with Crippen LogP contribution < -0.4 is 10.2 Å². The van der Waals surface area contributed by atoms with Gasteiger partial charge in [0, 0.05) is 17.9 Å². The van der Waals surface area contributed by atoms with Gasteiger partial charge in [-0.3, -0.25) is 10.0 Å². The number of carbonyl (C=O) groups excluding carboxylic acids is 1. The molecule has 0 aliphatic carbocycles. The van der Waals surface area contributed by atoms with Gasteiger partial charge in [-0.2, -0.15) is 0 Å². The number of benzene rings is 1. The molecule has 5 nitrogen and oxygen atoms in total. The van der Waals surface area contributed by atoms with Crippen LogP contribution in [0.1, 0.15) is 19.3 Å². The van der Waals surface area contributed by atoms with E-state index in [1.165, 1.54) is 0 Å². The van der Waals surface area contributed by atoms with E-state index in [4.69, 9.17) is 5.21 Å². The lowest BCUT2D eigenvalue weighted by Crippen LogP contribution is -2.18. The number of anilines is 1. The van der Waals surface area contributed by atoms with Gasteiger partial charge >= 0.3 is 0 Å². The summed E-state index contributed by atoms with van der Waals surface area (Å²) in [5, 5.41) is 8.27. The highest BCUT2D eigenvalue weighted by Crippen LogP contribution is 2.07. The summed E-state index contributed by atoms with van der Waals surface area (Å²) in [4.78, 5) is 10.7. The summed E-state index contributed by atoms with van der Waals surface area (Å²) >= 11 is 0. The number of hydroxylamine groups is 1. The van der Waals surface area contributed by atoms with Crippen molar-refractivity contribution in [1.82, 2.24) is 5.48 Å². The van der Waals surface area contributed by atoms with Crippen molar-refractivity contribution in [2.75, 3.05) is 10.5 Å². The number of nitrogens with one attached hydrogen (secondary N) is 2. The maximum Gasteiger partial charge on any atom is 0.243 e. The molecule has 0 saturated heterocycles. The van der Waals surface area contributed by atoms with E-state index < -0.39 is 16.9 Å². The third-order valence-electron chi connectivity index (χ3n) is 2.11. The van der Waals surface area contributed by atoms with Crippen molar-refractivity contribution in [3.05, 3.63) is 30.3 Å². The summed E-state index contributed by atoms with van der Waals surface area (Å²) in [5.74, 6) is 0.0694. The topological polar surface area (TPSA) is 78.4 Å². The van der Waals surface area contributed by atoms with E-state index in [2.05, 4.69) is 4.72 Å². The fourth-order valence-corrected chi connectivity index (χ4v) is 2.23. The zero-order valence-corrected chi connectivity index (χ0v) is 10.2. The fraction of sp³-hybridized carbons (Fsp3) is 0.364. The second-order valence-electron chi connectivity index (χ2n) is 3.51. The first-order valence-corrected chi connectivity index (χ1v) is 6.67. The van der Waals surface area contributed by atoms with E-state index in [1.54, 1.807) is 5.48 Å². The van der Waals surface area contributed by atoms with Crippen molar-refractivity contribution < 1.29 is 14.2 Å². The molecular weight excluding hydrogens is 240 g/mol. The van der Waals surface area contributed by atoms with Crippen LogP contribution in [0.3, 0.4) is 0 Å². The van der Waals surface area contributed by atoms with Crippen molar-refractivity contribution in [3.8, 4) is 0 Å². The Morgan fingerprint density at radius 2 is 1.94 bits per heavy atom. The number of rotatable bonds is 7. The molecule has 0 spiro atoms. The second kappa shape index (κ2) is 7.81. The van der Waals surface area contributed by atoms with Crippen LogP contribution in [0.2, 0.25) is 0 Å². The molecule has 0 aromatic heterocycles. The molecule has 0 radical (unpaired) electrons. The normalized spacial score (nSPS) is 11.8. The molecule has 0 saturated carbocycles. The van der Waals surface area contributed by atoms with Gasteiger partial charge in [-0.05, 0) is 25.0 Å². The van der Waals surface area contributed by atoms with Gasteiger partial charge < -0.3 is 4.72 Å². The van der Waals surface area contributed by atoms with E-state index in [9.17, 15) is 9.00 Å². The van der Waals surface area contributed by atoms with Crippen LogP contribution in [-0.4, -0.2) is 21.1 Å². The molecule has 3 N–H and O–H groups in total. The minimum atomic E-state index is -1.13. The van der Waals surface area contributed by atoms with Crippen molar-refractivity contribution in [2.45, 2.75) is 19.3 Å². The summed E-state index contributed by atoms with van der Waals surface area (Å²) in [6, 6.07) is 9.31. The average molecular weight is 256 g/mol. The van der Waals surface area contributed by atoms with Crippen LogP contribution in [-0.2, 0) is 15.8 Å². The maximum atomic E-state index is 11.6. The molecule has 0 fully saturated rings. The Morgan fingerprint density at radius 1 is 1.24 bits per heavy atom. The van der Waals surface area contributed by atoms with Gasteiger partial charge in [0.2, 0.25) is 5.91 Å². The van der Waals surface area contributed by atoms with Crippen LogP contribution in [0.5, 0.6) is 0 Å². The van der Waals surface area contributed by atoms with Crippen LogP contribution in [0.25, 0.3) is 0 Å². The minimum absolute atomic E-state index is 0.249. The summed E-state index contributed by atoms with van der Waals surface area (Å²) in [7, 11) is -1.13. The molecule has 1 rings (SSSR count). The molecular formula is C11H16N2O3S. The fourth-order valence-electron chi connectivity index (χ4n) is 1.26. The lowest BCUT2D eigenvalue weighted by atomic mass is 10.2. The van der Waals surface area contributed by atoms with Gasteiger partial charge in [-0.25, -0.2) is 9.69 Å². The zero-order valence-electron chi connectivity index (χ0n) is 9.39. The van der Waals surface area contributed by atoms with E-state index >= 15 is 0 Å². The highest BCUT2D eigenvalue weighted by molar-refractivity contribution is 7.86. The lowest BCUT2D eigenvalue weighted by Gasteiger charge is -2.05. The molecule has 17 heavy (non-hydrogen) atoms. The van der Waals surface area contributed by atoms with Gasteiger partial charge in [0.25, 0.3) is 0 Å². The third-order valence-corrected chi connectivity index (χ3v) is 3.24. The molecule has 1 aromatic carbocycles. The highest BCUT2D eigenvalue weighted by Gasteiger charge is 2.02.